The summed E-state index contributed by atoms with van der Waals surface area (Å²) in [5.41, 5.74) is 32.4. The minimum atomic E-state index is -1.02. The Hall–Kier alpha value is -6.49. The molecule has 0 aliphatic heterocycles. The van der Waals surface area contributed by atoms with Gasteiger partial charge in [0.2, 0.25) is 35.4 Å². The van der Waals surface area contributed by atoms with E-state index in [-0.39, 0.29) is 240 Å². The van der Waals surface area contributed by atoms with Crippen molar-refractivity contribution in [1.29, 1.82) is 0 Å². The second-order valence-corrected chi connectivity index (χ2v) is 20.1. The topological polar surface area (TPSA) is 471 Å². The van der Waals surface area contributed by atoms with Crippen LogP contribution in [0.5, 0.6) is 0 Å². The quantitative estimate of drug-likeness (QED) is 0.00640. The van der Waals surface area contributed by atoms with E-state index in [1.807, 2.05) is 0 Å². The molecule has 0 unspecified atom stereocenters. The van der Waals surface area contributed by atoms with Crippen LogP contribution >= 0.6 is 46.4 Å². The molecule has 0 bridgehead atoms. The van der Waals surface area contributed by atoms with Crippen LogP contribution in [-0.2, 0) is 80.6 Å². The van der Waals surface area contributed by atoms with E-state index in [0.29, 0.717) is 58.9 Å². The van der Waals surface area contributed by atoms with Crippen molar-refractivity contribution in [2.24, 2.45) is 34.4 Å². The molecule has 518 valence electrons. The molecule has 0 fully saturated rings. The van der Waals surface area contributed by atoms with E-state index in [1.54, 1.807) is 78.9 Å². The first kappa shape index (κ1) is 94.7. The third-order valence-electron chi connectivity index (χ3n) is 11.8. The molecule has 2 heterocycles. The summed E-state index contributed by atoms with van der Waals surface area (Å²) in [6, 6.07) is 27.3. The van der Waals surface area contributed by atoms with E-state index in [0.717, 1.165) is 4.90 Å². The van der Waals surface area contributed by atoms with Crippen LogP contribution in [0.15, 0.2) is 103 Å². The van der Waals surface area contributed by atoms with Gasteiger partial charge in [0, 0.05) is 80.3 Å². The molecule has 7 rings (SSSR count). The minimum absolute atomic E-state index is 0. The molecular weight excluding hydrogens is 1420 g/mol. The molecule has 16 N–H and O–H groups in total. The number of carbonyl (C=O) groups excluding carboxylic acids is 10. The number of benzene rings is 5. The number of alkyl halides is 1. The van der Waals surface area contributed by atoms with Crippen LogP contribution in [0, 0.1) is 17.5 Å². The average molecular weight is 1490 g/mol. The number of nitrogens with two attached hydrogens (primary N) is 6. The average Bonchev–Trinajstić information content (AvgIpc) is 1.66. The number of carboxylic acid groups (broad SMARTS) is 1. The Morgan fingerprint density at radius 3 is 1.41 bits per heavy atom. The first-order valence-corrected chi connectivity index (χ1v) is 28.7. The monoisotopic (exact) mass is 1490 g/mol. The molecular formula is C60H73Cl4F3K2N14O14. The van der Waals surface area contributed by atoms with Gasteiger partial charge in [0.05, 0.1) is 45.1 Å². The van der Waals surface area contributed by atoms with E-state index >= 15 is 0 Å². The van der Waals surface area contributed by atoms with E-state index in [4.69, 9.17) is 90.2 Å². The standard InChI is InChI=1S/C22H22ClFN6O4.C12H15ClFN3O2.C10H9Cl2FO.C10H9N3O3.C3H8N2O.CH2O3.2CH4.2K.H/c23-15-6-3-4-13(20(15)24)10-27-18(32)11-29(9-8-17(25)31)19(33)12-30-16-7-2-1-5-14(16)21(28-30)22(26)34;13-9-3-1-2-8(12(9)14)6-17-11(19)7-16-5-4-10(15)18;11-6-8(14)5-4-7-2-1-3-9(12)10(7)13;11-10(16)9-6-3-1-2-4-7(6)13(12-9)5-8(14)15;4-2-1-3(5)6;2-1-4-3;;;;;/h1-7H,8-12H2,(H2,25,31)(H2,26,34)(H,27,32);1-3,16H,4-7H2,(H2,15,18)(H,17,19);1-3H,4-6H2;1-4H,5H2,(H2,11,16)(H,14,15);1-2,4H2,(H2,5,6);1,3H;2*1H4;;;/q;;;;;;;;2*+1;-1/p-1. The Bertz CT molecular complexity index is 3760. The van der Waals surface area contributed by atoms with Gasteiger partial charge >= 0.3 is 109 Å². The number of Topliss-reactive ketones (excluding diaryl/α,β-unsaturated/α-hetero) is 1. The van der Waals surface area contributed by atoms with Gasteiger partial charge in [0.25, 0.3) is 18.3 Å². The van der Waals surface area contributed by atoms with E-state index in [9.17, 15) is 61.1 Å². The molecule has 7 aromatic rings. The first-order valence-electron chi connectivity index (χ1n) is 27.0. The molecule has 0 aliphatic rings. The predicted octanol–water partition coefficient (Wildman–Crippen LogP) is -2.40. The Morgan fingerprint density at radius 1 is 0.608 bits per heavy atom. The smallest absolute Gasteiger partial charge is 1.00 e. The molecule has 0 aliphatic carbocycles. The van der Waals surface area contributed by atoms with E-state index in [1.165, 1.54) is 33.6 Å². The number of hydrogen-bond acceptors (Lipinski definition) is 17. The van der Waals surface area contributed by atoms with Crippen LogP contribution in [0.4, 0.5) is 13.2 Å². The second-order valence-electron chi connectivity index (χ2n) is 18.7. The van der Waals surface area contributed by atoms with Gasteiger partial charge in [-0.1, -0.05) is 122 Å². The van der Waals surface area contributed by atoms with Crippen LogP contribution in [-0.4, -0.2) is 134 Å². The van der Waals surface area contributed by atoms with Crippen molar-refractivity contribution < 1.29 is 185 Å². The maximum atomic E-state index is 14.0. The molecule has 37 heteroatoms. The number of aliphatic carboxylic acids is 1. The molecule has 0 radical (unpaired) electrons. The number of fused-ring (bicyclic) bond motifs is 2. The Balaban J connectivity index is -0.000000594. The van der Waals surface area contributed by atoms with Crippen molar-refractivity contribution in [1.82, 2.24) is 40.4 Å². The molecule has 0 atom stereocenters. The summed E-state index contributed by atoms with van der Waals surface area (Å²) in [5.74, 6) is -7.05. The fourth-order valence-electron chi connectivity index (χ4n) is 7.44. The fraction of sp³-hybridized carbons (Fsp3) is 0.283. The summed E-state index contributed by atoms with van der Waals surface area (Å²) in [5, 5.41) is 34.0. The van der Waals surface area contributed by atoms with Crippen LogP contribution in [0.25, 0.3) is 21.8 Å². The number of para-hydroxylation sites is 2. The number of nitrogens with zero attached hydrogens (tertiary/aromatic N) is 5. The van der Waals surface area contributed by atoms with E-state index < -0.39 is 65.4 Å². The van der Waals surface area contributed by atoms with Crippen LogP contribution in [0.3, 0.4) is 0 Å². The van der Waals surface area contributed by atoms with E-state index in [2.05, 4.69) is 36.8 Å². The minimum Gasteiger partial charge on any atom is -1.00 e. The Labute approximate surface area is 661 Å². The van der Waals surface area contributed by atoms with Crippen molar-refractivity contribution >= 4 is 134 Å². The van der Waals surface area contributed by atoms with Gasteiger partial charge in [-0.2, -0.15) is 10.2 Å². The number of aryl methyl sites for hydroxylation is 1. The number of carbonyl (C=O) groups is 11. The van der Waals surface area contributed by atoms with Crippen LogP contribution < -0.4 is 158 Å². The molecule has 97 heavy (non-hydrogen) atoms. The van der Waals surface area contributed by atoms with Gasteiger partial charge in [-0.15, -0.1) is 11.6 Å². The van der Waals surface area contributed by atoms with Crippen molar-refractivity contribution in [3.05, 3.63) is 164 Å². The molecule has 5 aromatic carbocycles. The van der Waals surface area contributed by atoms with Crippen molar-refractivity contribution in [3.63, 3.8) is 0 Å². The van der Waals surface area contributed by atoms with Gasteiger partial charge < -0.3 is 71.9 Å². The van der Waals surface area contributed by atoms with Gasteiger partial charge in [0.15, 0.2) is 11.4 Å². The van der Waals surface area contributed by atoms with Crippen molar-refractivity contribution in [2.45, 2.75) is 73.1 Å². The second kappa shape index (κ2) is 51.7. The number of hydrogen-bond donors (Lipinski definition) is 10. The largest absolute Gasteiger partial charge is 1.00 e. The Morgan fingerprint density at radius 2 is 1.02 bits per heavy atom. The number of halogens is 7. The van der Waals surface area contributed by atoms with Gasteiger partial charge in [0.1, 0.15) is 36.3 Å². The number of amides is 8. The third kappa shape index (κ3) is 35.7. The number of ketones is 1. The van der Waals surface area contributed by atoms with Gasteiger partial charge in [-0.3, -0.25) is 62.1 Å². The fourth-order valence-corrected chi connectivity index (χ4v) is 8.16. The van der Waals surface area contributed by atoms with Crippen LogP contribution in [0.2, 0.25) is 15.1 Å². The summed E-state index contributed by atoms with van der Waals surface area (Å²) in [6.45, 7) is -0.682. The molecule has 0 saturated heterocycles. The number of aromatic nitrogens is 4. The van der Waals surface area contributed by atoms with Gasteiger partial charge in [-0.05, 0) is 42.3 Å². The zero-order valence-electron chi connectivity index (χ0n) is 52.1. The molecule has 8 amide bonds. The zero-order chi connectivity index (χ0) is 69.7. The third-order valence-corrected chi connectivity index (χ3v) is 13.0. The maximum absolute atomic E-state index is 14.0. The number of rotatable bonds is 27. The molecule has 28 nitrogen and oxygen atoms in total. The summed E-state index contributed by atoms with van der Waals surface area (Å²) in [6.07, 6.45) is 0.878. The number of carboxylic acids is 1. The van der Waals surface area contributed by atoms with Crippen molar-refractivity contribution in [3.8, 4) is 0 Å². The van der Waals surface area contributed by atoms with Crippen LogP contribution in [0.1, 0.15) is 79.6 Å². The summed E-state index contributed by atoms with van der Waals surface area (Å²) in [4.78, 5) is 125. The number of primary amides is 5. The summed E-state index contributed by atoms with van der Waals surface area (Å²) in [7, 11) is 0. The molecule has 0 saturated carbocycles. The first-order chi connectivity index (χ1) is 44.1. The van der Waals surface area contributed by atoms with Gasteiger partial charge in [-0.25, -0.2) is 13.2 Å². The van der Waals surface area contributed by atoms with Crippen molar-refractivity contribution in [2.75, 3.05) is 38.6 Å². The number of nitrogens with one attached hydrogen (secondary N) is 3. The maximum Gasteiger partial charge on any atom is 1.00 e. The molecule has 0 spiro atoms. The SMILES string of the molecule is C.C.NC(=O)CCN(CC(=O)NCc1cccc(Cl)c1F)C(=O)Cn1nc(C(N)=O)c2ccccc21.NC(=O)CCNCC(=O)NCc1cccc(Cl)c1F.NC(=O)c1nn(CC(=O)O)c2ccccc12.NCCC(N)=O.O=C(CCl)CCc1cccc(Cl)c1F.O=CO[O-].[H-].[K+].[K+]. The zero-order valence-corrected chi connectivity index (χ0v) is 60.4. The molecule has 2 aromatic heterocycles. The Kier molecular flexibility index (Phi) is 50.4. The summed E-state index contributed by atoms with van der Waals surface area (Å²) >= 11 is 22.3. The summed E-state index contributed by atoms with van der Waals surface area (Å²) < 4.78 is 43.4. The normalized spacial score (nSPS) is 9.70. The predicted molar refractivity (Wildman–Crippen MR) is 348 cm³/mol.